The number of pyridine rings is 1. The molecule has 1 rings (SSSR count). The van der Waals surface area contributed by atoms with Gasteiger partial charge in [0.25, 0.3) is 0 Å². The minimum Gasteiger partial charge on any atom is -0.506 e. The number of rotatable bonds is 0. The van der Waals surface area contributed by atoms with Gasteiger partial charge in [0.15, 0.2) is 0 Å². The van der Waals surface area contributed by atoms with Crippen LogP contribution < -0.4 is 0 Å². The molecule has 0 aliphatic carbocycles. The smallest absolute Gasteiger partial charge is 0.140 e. The topological polar surface area (TPSA) is 56.9 Å². The summed E-state index contributed by atoms with van der Waals surface area (Å²) in [7, 11) is 0. The van der Waals surface area contributed by atoms with Gasteiger partial charge in [-0.25, -0.2) is 4.98 Å². The highest BCUT2D eigenvalue weighted by molar-refractivity contribution is 5.33. The lowest BCUT2D eigenvalue weighted by atomic mass is 10.2. The monoisotopic (exact) mass is 134 g/mol. The van der Waals surface area contributed by atoms with Gasteiger partial charge in [0.05, 0.1) is 6.20 Å². The summed E-state index contributed by atoms with van der Waals surface area (Å²) in [5, 5.41) is 17.3. The summed E-state index contributed by atoms with van der Waals surface area (Å²) in [4.78, 5) is 3.65. The van der Waals surface area contributed by atoms with E-state index in [0.717, 1.165) is 0 Å². The number of nitriles is 1. The fraction of sp³-hybridized carbons (Fsp3) is 0.143. The molecule has 0 unspecified atom stereocenters. The molecule has 0 aromatic carbocycles. The van der Waals surface area contributed by atoms with Gasteiger partial charge in [0.2, 0.25) is 0 Å². The second kappa shape index (κ2) is 2.36. The van der Waals surface area contributed by atoms with Crippen LogP contribution >= 0.6 is 0 Å². The van der Waals surface area contributed by atoms with Gasteiger partial charge in [0, 0.05) is 0 Å². The van der Waals surface area contributed by atoms with Gasteiger partial charge in [-0.2, -0.15) is 5.26 Å². The highest BCUT2D eigenvalue weighted by atomic mass is 16.3. The van der Waals surface area contributed by atoms with Crippen LogP contribution in [0.2, 0.25) is 0 Å². The van der Waals surface area contributed by atoms with Crippen LogP contribution in [0.1, 0.15) is 11.3 Å². The molecule has 0 radical (unpaired) electrons. The third-order valence-electron chi connectivity index (χ3n) is 1.20. The number of aromatic hydroxyl groups is 1. The van der Waals surface area contributed by atoms with Crippen molar-refractivity contribution in [2.45, 2.75) is 6.92 Å². The molecular formula is C7H6N2O. The Morgan fingerprint density at radius 1 is 1.70 bits per heavy atom. The Morgan fingerprint density at radius 2 is 2.40 bits per heavy atom. The van der Waals surface area contributed by atoms with Crippen molar-refractivity contribution in [3.63, 3.8) is 0 Å². The van der Waals surface area contributed by atoms with Crippen LogP contribution in [0.15, 0.2) is 12.3 Å². The maximum Gasteiger partial charge on any atom is 0.140 e. The van der Waals surface area contributed by atoms with Gasteiger partial charge in [0.1, 0.15) is 17.5 Å². The lowest BCUT2D eigenvalue weighted by Crippen LogP contribution is -1.82. The first kappa shape index (κ1) is 6.56. The van der Waals surface area contributed by atoms with Crippen molar-refractivity contribution in [1.29, 1.82) is 5.26 Å². The van der Waals surface area contributed by atoms with Crippen molar-refractivity contribution in [1.82, 2.24) is 4.98 Å². The summed E-state index contributed by atoms with van der Waals surface area (Å²) in [6.45, 7) is 1.72. The van der Waals surface area contributed by atoms with Crippen molar-refractivity contribution < 1.29 is 5.11 Å². The van der Waals surface area contributed by atoms with Crippen LogP contribution in [0.5, 0.6) is 5.75 Å². The van der Waals surface area contributed by atoms with Gasteiger partial charge in [-0.15, -0.1) is 0 Å². The lowest BCUT2D eigenvalue weighted by molar-refractivity contribution is 0.468. The van der Waals surface area contributed by atoms with E-state index in [1.807, 2.05) is 6.07 Å². The Kier molecular flexibility index (Phi) is 1.55. The van der Waals surface area contributed by atoms with Gasteiger partial charge < -0.3 is 5.11 Å². The molecule has 0 aliphatic heterocycles. The molecule has 10 heavy (non-hydrogen) atoms. The molecule has 3 heteroatoms. The highest BCUT2D eigenvalue weighted by Gasteiger charge is 1.96. The predicted octanol–water partition coefficient (Wildman–Crippen LogP) is 0.967. The molecule has 3 nitrogen and oxygen atoms in total. The standard InChI is InChI=1S/C7H6N2O/c1-5-2-6(3-8)9-4-7(5)10/h2,4,10H,1H3. The normalized spacial score (nSPS) is 8.80. The van der Waals surface area contributed by atoms with Crippen molar-refractivity contribution >= 4 is 0 Å². The Labute approximate surface area is 58.6 Å². The van der Waals surface area contributed by atoms with E-state index in [9.17, 15) is 0 Å². The first-order valence-corrected chi connectivity index (χ1v) is 2.80. The summed E-state index contributed by atoms with van der Waals surface area (Å²) in [5.74, 6) is 0.124. The SMILES string of the molecule is Cc1cc(C#N)ncc1O. The van der Waals surface area contributed by atoms with Crippen molar-refractivity contribution in [2.75, 3.05) is 0 Å². The molecule has 1 N–H and O–H groups in total. The summed E-state index contributed by atoms with van der Waals surface area (Å²) >= 11 is 0. The lowest BCUT2D eigenvalue weighted by Gasteiger charge is -1.94. The molecule has 0 bridgehead atoms. The van der Waals surface area contributed by atoms with E-state index in [2.05, 4.69) is 4.98 Å². The zero-order valence-electron chi connectivity index (χ0n) is 5.50. The third-order valence-corrected chi connectivity index (χ3v) is 1.20. The molecule has 0 atom stereocenters. The maximum absolute atomic E-state index is 8.97. The van der Waals surface area contributed by atoms with Crippen LogP contribution in [0, 0.1) is 18.3 Å². The quantitative estimate of drug-likeness (QED) is 0.575. The van der Waals surface area contributed by atoms with Gasteiger partial charge >= 0.3 is 0 Å². The first-order chi connectivity index (χ1) is 4.74. The highest BCUT2D eigenvalue weighted by Crippen LogP contribution is 2.13. The van der Waals surface area contributed by atoms with Gasteiger partial charge in [-0.1, -0.05) is 0 Å². The molecule has 0 saturated heterocycles. The third kappa shape index (κ3) is 1.06. The Bertz CT molecular complexity index is 288. The van der Waals surface area contributed by atoms with Crippen LogP contribution in [-0.2, 0) is 0 Å². The molecule has 50 valence electrons. The van der Waals surface area contributed by atoms with Crippen molar-refractivity contribution in [3.05, 3.63) is 23.5 Å². The van der Waals surface area contributed by atoms with E-state index < -0.39 is 0 Å². The van der Waals surface area contributed by atoms with Crippen LogP contribution in [0.4, 0.5) is 0 Å². The molecule has 0 amide bonds. The van der Waals surface area contributed by atoms with Crippen LogP contribution in [0.25, 0.3) is 0 Å². The molecule has 0 aliphatic rings. The Hall–Kier alpha value is -1.56. The average molecular weight is 134 g/mol. The minimum atomic E-state index is 0.124. The van der Waals surface area contributed by atoms with Crippen molar-refractivity contribution in [3.8, 4) is 11.8 Å². The fourth-order valence-corrected chi connectivity index (χ4v) is 0.610. The second-order valence-corrected chi connectivity index (χ2v) is 1.97. The Balaban J connectivity index is 3.20. The fourth-order valence-electron chi connectivity index (χ4n) is 0.610. The predicted molar refractivity (Wildman–Crippen MR) is 35.4 cm³/mol. The van der Waals surface area contributed by atoms with E-state index in [-0.39, 0.29) is 5.75 Å². The number of hydrogen-bond donors (Lipinski definition) is 1. The van der Waals surface area contributed by atoms with Crippen LogP contribution in [-0.4, -0.2) is 10.1 Å². The van der Waals surface area contributed by atoms with E-state index in [0.29, 0.717) is 11.3 Å². The Morgan fingerprint density at radius 3 is 2.90 bits per heavy atom. The van der Waals surface area contributed by atoms with E-state index in [1.165, 1.54) is 12.3 Å². The molecule has 0 fully saturated rings. The first-order valence-electron chi connectivity index (χ1n) is 2.80. The molecule has 1 aromatic rings. The largest absolute Gasteiger partial charge is 0.506 e. The number of nitrogens with zero attached hydrogens (tertiary/aromatic N) is 2. The molecule has 1 aromatic heterocycles. The molecule has 0 saturated carbocycles. The zero-order valence-corrected chi connectivity index (χ0v) is 5.50. The molecule has 1 heterocycles. The average Bonchev–Trinajstić information content (AvgIpc) is 1.95. The molecule has 0 spiro atoms. The van der Waals surface area contributed by atoms with Crippen LogP contribution in [0.3, 0.4) is 0 Å². The summed E-state index contributed by atoms with van der Waals surface area (Å²) < 4.78 is 0. The van der Waals surface area contributed by atoms with E-state index in [1.54, 1.807) is 6.92 Å². The number of hydrogen-bond acceptors (Lipinski definition) is 3. The van der Waals surface area contributed by atoms with E-state index >= 15 is 0 Å². The van der Waals surface area contributed by atoms with Crippen molar-refractivity contribution in [2.24, 2.45) is 0 Å². The molecular weight excluding hydrogens is 128 g/mol. The number of aryl methyl sites for hydroxylation is 1. The minimum absolute atomic E-state index is 0.124. The van der Waals surface area contributed by atoms with Gasteiger partial charge in [-0.05, 0) is 18.6 Å². The van der Waals surface area contributed by atoms with E-state index in [4.69, 9.17) is 10.4 Å². The second-order valence-electron chi connectivity index (χ2n) is 1.97. The maximum atomic E-state index is 8.97. The number of aromatic nitrogens is 1. The van der Waals surface area contributed by atoms with Gasteiger partial charge in [-0.3, -0.25) is 0 Å². The summed E-state index contributed by atoms with van der Waals surface area (Å²) in [6.07, 6.45) is 1.27. The summed E-state index contributed by atoms with van der Waals surface area (Å²) in [6, 6.07) is 3.41. The zero-order chi connectivity index (χ0) is 7.56. The summed E-state index contributed by atoms with van der Waals surface area (Å²) in [5.41, 5.74) is 1.00.